The Labute approximate surface area is 140 Å². The molecule has 6 nitrogen and oxygen atoms in total. The number of carboxylic acid groups (broad SMARTS) is 1. The summed E-state index contributed by atoms with van der Waals surface area (Å²) in [5.74, 6) is -0.341. The zero-order valence-corrected chi connectivity index (χ0v) is 14.0. The molecule has 0 aliphatic heterocycles. The van der Waals surface area contributed by atoms with Gasteiger partial charge in [-0.1, -0.05) is 19.9 Å². The third kappa shape index (κ3) is 2.91. The molecule has 1 heterocycles. The van der Waals surface area contributed by atoms with Crippen LogP contribution < -0.4 is 0 Å². The molecule has 1 aliphatic carbocycles. The van der Waals surface area contributed by atoms with E-state index in [0.717, 1.165) is 5.57 Å². The number of carboxylic acids is 1. The van der Waals surface area contributed by atoms with Crippen LogP contribution in [0.25, 0.3) is 5.57 Å². The van der Waals surface area contributed by atoms with Crippen molar-refractivity contribution in [3.63, 3.8) is 0 Å². The van der Waals surface area contributed by atoms with Gasteiger partial charge in [-0.15, -0.1) is 0 Å². The van der Waals surface area contributed by atoms with Crippen molar-refractivity contribution in [2.45, 2.75) is 26.7 Å². The molecule has 1 aromatic rings. The van der Waals surface area contributed by atoms with E-state index in [1.165, 1.54) is 0 Å². The zero-order valence-electron chi connectivity index (χ0n) is 14.0. The molecule has 1 unspecified atom stereocenters. The highest BCUT2D eigenvalue weighted by atomic mass is 16.5. The minimum absolute atomic E-state index is 0.0109. The van der Waals surface area contributed by atoms with Crippen LogP contribution in [0, 0.1) is 28.6 Å². The summed E-state index contributed by atoms with van der Waals surface area (Å²) in [6, 6.07) is 4.10. The summed E-state index contributed by atoms with van der Waals surface area (Å²) in [5, 5.41) is 27.8. The van der Waals surface area contributed by atoms with Gasteiger partial charge in [-0.05, 0) is 24.5 Å². The smallest absolute Gasteiger partial charge is 0.353 e. The number of hydrogen-bond donors (Lipinski definition) is 1. The second kappa shape index (κ2) is 7.06. The summed E-state index contributed by atoms with van der Waals surface area (Å²) in [5.41, 5.74) is 2.57. The highest BCUT2D eigenvalue weighted by Crippen LogP contribution is 2.37. The largest absolute Gasteiger partial charge is 0.483 e. The first-order valence-electron chi connectivity index (χ1n) is 7.71. The van der Waals surface area contributed by atoms with Crippen molar-refractivity contribution < 1.29 is 14.6 Å². The number of ether oxygens (including phenoxy) is 1. The highest BCUT2D eigenvalue weighted by molar-refractivity contribution is 5.95. The molecule has 0 amide bonds. The van der Waals surface area contributed by atoms with Gasteiger partial charge in [0.25, 0.3) is 0 Å². The van der Waals surface area contributed by atoms with Crippen molar-refractivity contribution in [1.29, 1.82) is 10.5 Å². The Balaban J connectivity index is 2.59. The van der Waals surface area contributed by atoms with Crippen LogP contribution in [0.2, 0.25) is 0 Å². The first-order chi connectivity index (χ1) is 11.5. The summed E-state index contributed by atoms with van der Waals surface area (Å²) in [6.45, 7) is 3.83. The van der Waals surface area contributed by atoms with Crippen molar-refractivity contribution in [3.8, 4) is 12.1 Å². The summed E-state index contributed by atoms with van der Waals surface area (Å²) in [4.78, 5) is 11.7. The monoisotopic (exact) mass is 325 g/mol. The Morgan fingerprint density at radius 3 is 2.67 bits per heavy atom. The van der Waals surface area contributed by atoms with Crippen LogP contribution in [-0.2, 0) is 18.2 Å². The van der Waals surface area contributed by atoms with Crippen LogP contribution in [0.15, 0.2) is 17.9 Å². The van der Waals surface area contributed by atoms with Crippen LogP contribution in [-0.4, -0.2) is 22.2 Å². The average molecular weight is 325 g/mol. The molecule has 0 radical (unpaired) electrons. The fourth-order valence-corrected chi connectivity index (χ4v) is 3.17. The number of allylic oxidation sites excluding steroid dienone is 4. The van der Waals surface area contributed by atoms with Gasteiger partial charge in [-0.3, -0.25) is 0 Å². The van der Waals surface area contributed by atoms with E-state index < -0.39 is 5.97 Å². The predicted molar refractivity (Wildman–Crippen MR) is 87.9 cm³/mol. The minimum Gasteiger partial charge on any atom is -0.483 e. The predicted octanol–water partition coefficient (Wildman–Crippen LogP) is 3.00. The van der Waals surface area contributed by atoms with E-state index in [2.05, 4.69) is 6.07 Å². The molecule has 1 N–H and O–H groups in total. The number of aromatic nitrogens is 1. The molecule has 0 saturated carbocycles. The maximum atomic E-state index is 11.7. The van der Waals surface area contributed by atoms with Gasteiger partial charge in [0.1, 0.15) is 23.6 Å². The Morgan fingerprint density at radius 2 is 2.17 bits per heavy atom. The van der Waals surface area contributed by atoms with Crippen LogP contribution in [0.5, 0.6) is 0 Å². The van der Waals surface area contributed by atoms with Gasteiger partial charge in [0, 0.05) is 24.2 Å². The topological polar surface area (TPSA) is 99.0 Å². The van der Waals surface area contributed by atoms with Crippen LogP contribution in [0.4, 0.5) is 0 Å². The van der Waals surface area contributed by atoms with E-state index in [-0.39, 0.29) is 18.2 Å². The van der Waals surface area contributed by atoms with Gasteiger partial charge in [0.2, 0.25) is 0 Å². The molecule has 1 aromatic heterocycles. The van der Waals surface area contributed by atoms with Crippen molar-refractivity contribution in [3.05, 3.63) is 40.4 Å². The summed E-state index contributed by atoms with van der Waals surface area (Å²) >= 11 is 0. The molecule has 0 spiro atoms. The van der Waals surface area contributed by atoms with Gasteiger partial charge in [-0.25, -0.2) is 4.79 Å². The Bertz CT molecular complexity index is 816. The molecule has 0 fully saturated rings. The molecule has 6 heteroatoms. The Kier molecular flexibility index (Phi) is 5.11. The molecular weight excluding hydrogens is 306 g/mol. The van der Waals surface area contributed by atoms with Crippen molar-refractivity contribution in [1.82, 2.24) is 4.57 Å². The first kappa shape index (κ1) is 17.4. The van der Waals surface area contributed by atoms with E-state index in [4.69, 9.17) is 10.00 Å². The number of aromatic carboxylic acids is 1. The van der Waals surface area contributed by atoms with Gasteiger partial charge < -0.3 is 14.4 Å². The zero-order chi connectivity index (χ0) is 17.9. The standard InChI is InChI=1S/C18H19N3O3/c1-4-14-13(10-20)16(17(18(22)23)21(14)3)12-5-6-15(11(2)9-12)24-8-7-19/h5-6,11H,4,8-9H2,1-3H3,(H,22,23). The second-order valence-electron chi connectivity index (χ2n) is 5.69. The van der Waals surface area contributed by atoms with E-state index in [0.29, 0.717) is 35.4 Å². The quantitative estimate of drug-likeness (QED) is 0.897. The van der Waals surface area contributed by atoms with Crippen molar-refractivity contribution in [2.75, 3.05) is 6.61 Å². The van der Waals surface area contributed by atoms with Gasteiger partial charge in [0.05, 0.1) is 5.56 Å². The van der Waals surface area contributed by atoms with Gasteiger partial charge >= 0.3 is 5.97 Å². The minimum atomic E-state index is -1.05. The lowest BCUT2D eigenvalue weighted by molar-refractivity contribution is 0.0686. The fraction of sp³-hybridized carbons (Fsp3) is 0.389. The lowest BCUT2D eigenvalue weighted by atomic mass is 9.87. The molecule has 124 valence electrons. The number of rotatable bonds is 5. The maximum absolute atomic E-state index is 11.7. The molecule has 24 heavy (non-hydrogen) atoms. The summed E-state index contributed by atoms with van der Waals surface area (Å²) < 4.78 is 6.97. The third-order valence-electron chi connectivity index (χ3n) is 4.25. The second-order valence-corrected chi connectivity index (χ2v) is 5.69. The number of hydrogen-bond acceptors (Lipinski definition) is 4. The van der Waals surface area contributed by atoms with E-state index >= 15 is 0 Å². The van der Waals surface area contributed by atoms with Crippen LogP contribution in [0.3, 0.4) is 0 Å². The fourth-order valence-electron chi connectivity index (χ4n) is 3.17. The normalized spacial score (nSPS) is 16.6. The maximum Gasteiger partial charge on any atom is 0.353 e. The molecule has 1 aliphatic rings. The van der Waals surface area contributed by atoms with Gasteiger partial charge in [0.15, 0.2) is 6.61 Å². The Morgan fingerprint density at radius 1 is 1.46 bits per heavy atom. The Hall–Kier alpha value is -2.99. The van der Waals surface area contributed by atoms with Crippen LogP contribution in [0.1, 0.15) is 47.6 Å². The highest BCUT2D eigenvalue weighted by Gasteiger charge is 2.29. The average Bonchev–Trinajstić information content (AvgIpc) is 2.85. The number of carbonyl (C=O) groups is 1. The van der Waals surface area contributed by atoms with Crippen molar-refractivity contribution in [2.24, 2.45) is 13.0 Å². The molecule has 0 bridgehead atoms. The number of nitrogens with zero attached hydrogens (tertiary/aromatic N) is 3. The molecule has 0 aromatic carbocycles. The first-order valence-corrected chi connectivity index (χ1v) is 7.71. The van der Waals surface area contributed by atoms with E-state index in [9.17, 15) is 15.2 Å². The molecule has 2 rings (SSSR count). The van der Waals surface area contributed by atoms with Gasteiger partial charge in [-0.2, -0.15) is 10.5 Å². The molecule has 0 saturated heterocycles. The van der Waals surface area contributed by atoms with E-state index in [1.54, 1.807) is 23.8 Å². The lowest BCUT2D eigenvalue weighted by Crippen LogP contribution is -2.12. The molecular formula is C18H19N3O3. The number of nitriles is 2. The summed E-state index contributed by atoms with van der Waals surface area (Å²) in [7, 11) is 1.68. The third-order valence-corrected chi connectivity index (χ3v) is 4.25. The van der Waals surface area contributed by atoms with Crippen molar-refractivity contribution >= 4 is 11.5 Å². The molecule has 1 atom stereocenters. The van der Waals surface area contributed by atoms with Crippen LogP contribution >= 0.6 is 0 Å². The SMILES string of the molecule is CCc1c(C#N)c(C2=CC=C(OCC#N)C(C)C2)c(C(=O)O)n1C. The summed E-state index contributed by atoms with van der Waals surface area (Å²) in [6.07, 6.45) is 4.68. The lowest BCUT2D eigenvalue weighted by Gasteiger charge is -2.21. The van der Waals surface area contributed by atoms with E-state index in [1.807, 2.05) is 19.9 Å².